The Labute approximate surface area is 173 Å². The number of anilines is 1. The molecule has 0 unspecified atom stereocenters. The number of methoxy groups -OCH3 is 2. The van der Waals surface area contributed by atoms with Crippen LogP contribution >= 0.6 is 11.3 Å². The zero-order chi connectivity index (χ0) is 20.2. The highest BCUT2D eigenvalue weighted by Crippen LogP contribution is 2.38. The van der Waals surface area contributed by atoms with Crippen molar-refractivity contribution in [2.75, 3.05) is 26.1 Å². The number of rotatable bonds is 8. The standard InChI is InChI=1S/C22H23N3O3S/c1-14-9-10-18(28-14)17(11-26-2)23-21-20-16(15-7-5-4-6-8-15)13-29-22(20)25-19(24-21)12-27-3/h4-10,13,17H,11-12H2,1-3H3,(H,23,24,25)/t17-/m1/s1. The van der Waals surface area contributed by atoms with Crippen LogP contribution in [0.1, 0.15) is 23.4 Å². The summed E-state index contributed by atoms with van der Waals surface area (Å²) in [4.78, 5) is 10.4. The number of aromatic nitrogens is 2. The van der Waals surface area contributed by atoms with Crippen molar-refractivity contribution < 1.29 is 13.9 Å². The number of hydrogen-bond acceptors (Lipinski definition) is 7. The molecule has 1 aromatic carbocycles. The summed E-state index contributed by atoms with van der Waals surface area (Å²) in [5.74, 6) is 3.05. The van der Waals surface area contributed by atoms with Gasteiger partial charge < -0.3 is 19.2 Å². The molecule has 6 nitrogen and oxygen atoms in total. The highest BCUT2D eigenvalue weighted by Gasteiger charge is 2.21. The maximum absolute atomic E-state index is 5.85. The molecule has 0 aliphatic heterocycles. The first-order valence-corrected chi connectivity index (χ1v) is 10.2. The summed E-state index contributed by atoms with van der Waals surface area (Å²) >= 11 is 1.60. The van der Waals surface area contributed by atoms with Crippen molar-refractivity contribution in [3.05, 3.63) is 65.2 Å². The van der Waals surface area contributed by atoms with Crippen molar-refractivity contribution in [1.82, 2.24) is 9.97 Å². The van der Waals surface area contributed by atoms with Gasteiger partial charge >= 0.3 is 0 Å². The van der Waals surface area contributed by atoms with Crippen molar-refractivity contribution in [1.29, 1.82) is 0 Å². The lowest BCUT2D eigenvalue weighted by atomic mass is 10.1. The molecule has 0 saturated heterocycles. The van der Waals surface area contributed by atoms with Gasteiger partial charge in [-0.2, -0.15) is 0 Å². The number of hydrogen-bond donors (Lipinski definition) is 1. The third kappa shape index (κ3) is 4.17. The number of nitrogens with one attached hydrogen (secondary N) is 1. The Kier molecular flexibility index (Phi) is 5.89. The molecule has 1 atom stereocenters. The second-order valence-corrected chi connectivity index (χ2v) is 7.58. The third-order valence-electron chi connectivity index (χ3n) is 4.59. The van der Waals surface area contributed by atoms with Crippen molar-refractivity contribution >= 4 is 27.4 Å². The second-order valence-electron chi connectivity index (χ2n) is 6.72. The summed E-state index contributed by atoms with van der Waals surface area (Å²) in [5, 5.41) is 6.64. The zero-order valence-corrected chi connectivity index (χ0v) is 17.5. The minimum Gasteiger partial charge on any atom is -0.464 e. The Morgan fingerprint density at radius 1 is 1.07 bits per heavy atom. The van der Waals surface area contributed by atoms with Gasteiger partial charge in [0, 0.05) is 25.2 Å². The number of fused-ring (bicyclic) bond motifs is 1. The van der Waals surface area contributed by atoms with E-state index in [4.69, 9.17) is 18.9 Å². The van der Waals surface area contributed by atoms with Crippen molar-refractivity contribution in [3.63, 3.8) is 0 Å². The van der Waals surface area contributed by atoms with E-state index in [1.807, 2.05) is 37.3 Å². The molecule has 150 valence electrons. The van der Waals surface area contributed by atoms with Crippen molar-refractivity contribution in [3.8, 4) is 11.1 Å². The maximum Gasteiger partial charge on any atom is 0.158 e. The largest absolute Gasteiger partial charge is 0.464 e. The topological polar surface area (TPSA) is 69.4 Å². The van der Waals surface area contributed by atoms with Gasteiger partial charge in [-0.3, -0.25) is 0 Å². The average molecular weight is 410 g/mol. The first kappa shape index (κ1) is 19.6. The number of ether oxygens (including phenoxy) is 2. The Morgan fingerprint density at radius 2 is 1.90 bits per heavy atom. The van der Waals surface area contributed by atoms with Gasteiger partial charge in [0.2, 0.25) is 0 Å². The van der Waals surface area contributed by atoms with E-state index in [1.165, 1.54) is 0 Å². The third-order valence-corrected chi connectivity index (χ3v) is 5.46. The van der Waals surface area contributed by atoms with Crippen LogP contribution in [0, 0.1) is 6.92 Å². The molecular formula is C22H23N3O3S. The van der Waals surface area contributed by atoms with Gasteiger partial charge in [-0.1, -0.05) is 30.3 Å². The molecule has 3 heterocycles. The van der Waals surface area contributed by atoms with Crippen LogP contribution < -0.4 is 5.32 Å². The Balaban J connectivity index is 1.82. The SMILES string of the molecule is COCc1nc(N[C@H](COC)c2ccc(C)o2)c2c(-c3ccccc3)csc2n1. The maximum atomic E-state index is 5.85. The van der Waals surface area contributed by atoms with E-state index < -0.39 is 0 Å². The van der Waals surface area contributed by atoms with E-state index in [-0.39, 0.29) is 6.04 Å². The molecular weight excluding hydrogens is 386 g/mol. The van der Waals surface area contributed by atoms with E-state index in [9.17, 15) is 0 Å². The van der Waals surface area contributed by atoms with Crippen molar-refractivity contribution in [2.45, 2.75) is 19.6 Å². The lowest BCUT2D eigenvalue weighted by Crippen LogP contribution is -2.17. The molecule has 4 rings (SSSR count). The summed E-state index contributed by atoms with van der Waals surface area (Å²) in [6, 6.07) is 14.0. The fourth-order valence-electron chi connectivity index (χ4n) is 3.28. The Hall–Kier alpha value is -2.74. The molecule has 7 heteroatoms. The summed E-state index contributed by atoms with van der Waals surface area (Å²) in [7, 11) is 3.32. The molecule has 0 aliphatic rings. The van der Waals surface area contributed by atoms with E-state index in [2.05, 4.69) is 27.8 Å². The van der Waals surface area contributed by atoms with Crippen LogP contribution in [0.5, 0.6) is 0 Å². The van der Waals surface area contributed by atoms with Gasteiger partial charge in [0.1, 0.15) is 34.8 Å². The quantitative estimate of drug-likeness (QED) is 0.431. The number of aryl methyl sites for hydroxylation is 1. The fraction of sp³-hybridized carbons (Fsp3) is 0.273. The number of nitrogens with zero attached hydrogens (tertiary/aromatic N) is 2. The molecule has 0 fully saturated rings. The van der Waals surface area contributed by atoms with Crippen LogP contribution in [-0.4, -0.2) is 30.8 Å². The first-order chi connectivity index (χ1) is 14.2. The van der Waals surface area contributed by atoms with Crippen LogP contribution in [0.3, 0.4) is 0 Å². The van der Waals surface area contributed by atoms with Gasteiger partial charge in [0.05, 0.1) is 12.0 Å². The number of benzene rings is 1. The van der Waals surface area contributed by atoms with E-state index in [0.29, 0.717) is 19.0 Å². The number of furan rings is 1. The predicted molar refractivity (Wildman–Crippen MR) is 115 cm³/mol. The van der Waals surface area contributed by atoms with Crippen LogP contribution in [0.2, 0.25) is 0 Å². The van der Waals surface area contributed by atoms with E-state index in [1.54, 1.807) is 25.6 Å². The normalized spacial score (nSPS) is 12.4. The lowest BCUT2D eigenvalue weighted by Gasteiger charge is -2.18. The molecule has 0 amide bonds. The first-order valence-electron chi connectivity index (χ1n) is 9.34. The molecule has 0 spiro atoms. The van der Waals surface area contributed by atoms with E-state index >= 15 is 0 Å². The van der Waals surface area contributed by atoms with Crippen LogP contribution in [0.25, 0.3) is 21.3 Å². The van der Waals surface area contributed by atoms with Gasteiger partial charge in [-0.25, -0.2) is 9.97 Å². The van der Waals surface area contributed by atoms with Gasteiger partial charge in [0.25, 0.3) is 0 Å². The van der Waals surface area contributed by atoms with Crippen LogP contribution in [-0.2, 0) is 16.1 Å². The zero-order valence-electron chi connectivity index (χ0n) is 16.6. The molecule has 1 N–H and O–H groups in total. The summed E-state index contributed by atoms with van der Waals surface area (Å²) in [6.45, 7) is 2.72. The minimum absolute atomic E-state index is 0.175. The molecule has 0 radical (unpaired) electrons. The fourth-order valence-corrected chi connectivity index (χ4v) is 4.25. The Morgan fingerprint density at radius 3 is 2.59 bits per heavy atom. The molecule has 0 saturated carbocycles. The van der Waals surface area contributed by atoms with E-state index in [0.717, 1.165) is 38.7 Å². The predicted octanol–water partition coefficient (Wildman–Crippen LogP) is 5.21. The van der Waals surface area contributed by atoms with Crippen LogP contribution in [0.15, 0.2) is 52.3 Å². The van der Waals surface area contributed by atoms with Gasteiger partial charge in [-0.05, 0) is 24.6 Å². The minimum atomic E-state index is -0.175. The summed E-state index contributed by atoms with van der Waals surface area (Å²) in [6.07, 6.45) is 0. The number of thiophene rings is 1. The Bertz CT molecular complexity index is 1090. The van der Waals surface area contributed by atoms with Gasteiger partial charge in [-0.15, -0.1) is 11.3 Å². The molecule has 0 aliphatic carbocycles. The highest BCUT2D eigenvalue weighted by molar-refractivity contribution is 7.17. The smallest absolute Gasteiger partial charge is 0.158 e. The highest BCUT2D eigenvalue weighted by atomic mass is 32.1. The summed E-state index contributed by atoms with van der Waals surface area (Å²) in [5.41, 5.74) is 2.23. The lowest BCUT2D eigenvalue weighted by molar-refractivity contribution is 0.176. The van der Waals surface area contributed by atoms with Crippen LogP contribution in [0.4, 0.5) is 5.82 Å². The molecule has 0 bridgehead atoms. The molecule has 4 aromatic rings. The second kappa shape index (κ2) is 8.73. The molecule has 3 aromatic heterocycles. The summed E-state index contributed by atoms with van der Waals surface area (Å²) < 4.78 is 16.6. The monoisotopic (exact) mass is 409 g/mol. The van der Waals surface area contributed by atoms with Crippen molar-refractivity contribution in [2.24, 2.45) is 0 Å². The van der Waals surface area contributed by atoms with Gasteiger partial charge in [0.15, 0.2) is 5.82 Å². The molecule has 29 heavy (non-hydrogen) atoms. The average Bonchev–Trinajstić information content (AvgIpc) is 3.35.